The number of carbonyl (C=O) groups is 1. The van der Waals surface area contributed by atoms with E-state index in [0.29, 0.717) is 0 Å². The number of carbonyl (C=O) groups excluding carboxylic acids is 1. The summed E-state index contributed by atoms with van der Waals surface area (Å²) in [5, 5.41) is 14.5. The second-order valence-corrected chi connectivity index (χ2v) is 5.68. The van der Waals surface area contributed by atoms with Gasteiger partial charge < -0.3 is 15.2 Å². The molecule has 0 aliphatic rings. The summed E-state index contributed by atoms with van der Waals surface area (Å²) in [6, 6.07) is 3.96. The molecule has 0 amide bonds. The number of rotatable bonds is 3. The maximum Gasteiger partial charge on any atom is 0.435 e. The topological polar surface area (TPSA) is 123 Å². The van der Waals surface area contributed by atoms with Crippen LogP contribution in [0.2, 0.25) is 0 Å². The maximum absolute atomic E-state index is 11.8. The van der Waals surface area contributed by atoms with Gasteiger partial charge in [-0.05, 0) is 26.8 Å². The standard InChI is InChI=1S/C14H16N4O5/c1-14(2,3)23-13(19)17-8-10(7-16-17)22-9-4-5-12(18(20)21)11(15)6-9/h4-8H,15H2,1-3H3. The smallest absolute Gasteiger partial charge is 0.435 e. The van der Waals surface area contributed by atoms with Crippen LogP contribution < -0.4 is 10.5 Å². The van der Waals surface area contributed by atoms with Crippen molar-refractivity contribution in [1.82, 2.24) is 9.78 Å². The fourth-order valence-electron chi connectivity index (χ4n) is 1.67. The highest BCUT2D eigenvalue weighted by Gasteiger charge is 2.19. The van der Waals surface area contributed by atoms with Crippen LogP contribution in [0.5, 0.6) is 11.5 Å². The summed E-state index contributed by atoms with van der Waals surface area (Å²) in [6.07, 6.45) is 2.02. The third kappa shape index (κ3) is 4.19. The lowest BCUT2D eigenvalue weighted by atomic mass is 10.2. The van der Waals surface area contributed by atoms with Gasteiger partial charge in [0.1, 0.15) is 17.0 Å². The van der Waals surface area contributed by atoms with Gasteiger partial charge in [0.05, 0.1) is 17.3 Å². The molecule has 0 saturated carbocycles. The van der Waals surface area contributed by atoms with Gasteiger partial charge >= 0.3 is 6.09 Å². The molecule has 122 valence electrons. The van der Waals surface area contributed by atoms with Crippen molar-refractivity contribution in [3.05, 3.63) is 40.7 Å². The Morgan fingerprint density at radius 3 is 2.61 bits per heavy atom. The molecule has 9 heteroatoms. The highest BCUT2D eigenvalue weighted by Crippen LogP contribution is 2.29. The Balaban J connectivity index is 2.12. The molecule has 1 aromatic carbocycles. The number of benzene rings is 1. The second kappa shape index (κ2) is 5.95. The van der Waals surface area contributed by atoms with Crippen LogP contribution in [0.4, 0.5) is 16.2 Å². The molecule has 1 aromatic heterocycles. The number of nitro benzene ring substituents is 1. The number of hydrogen-bond acceptors (Lipinski definition) is 7. The average molecular weight is 320 g/mol. The third-order valence-corrected chi connectivity index (χ3v) is 2.57. The van der Waals surface area contributed by atoms with Crippen LogP contribution in [0.15, 0.2) is 30.6 Å². The van der Waals surface area contributed by atoms with Gasteiger partial charge in [-0.15, -0.1) is 0 Å². The zero-order chi connectivity index (χ0) is 17.2. The quantitative estimate of drug-likeness (QED) is 0.524. The van der Waals surface area contributed by atoms with Gasteiger partial charge in [-0.25, -0.2) is 4.79 Å². The number of nitrogens with zero attached hydrogens (tertiary/aromatic N) is 3. The summed E-state index contributed by atoms with van der Waals surface area (Å²) in [4.78, 5) is 21.9. The minimum Gasteiger partial charge on any atom is -0.454 e. The van der Waals surface area contributed by atoms with Crippen molar-refractivity contribution in [2.45, 2.75) is 26.4 Å². The fourth-order valence-corrected chi connectivity index (χ4v) is 1.67. The van der Waals surface area contributed by atoms with E-state index in [1.807, 2.05) is 0 Å². The molecule has 0 fully saturated rings. The van der Waals surface area contributed by atoms with E-state index in [-0.39, 0.29) is 22.9 Å². The number of ether oxygens (including phenoxy) is 2. The SMILES string of the molecule is CC(C)(C)OC(=O)n1cc(Oc2ccc([N+](=O)[O-])c(N)c2)cn1. The Bertz CT molecular complexity index is 748. The number of nitrogens with two attached hydrogens (primary N) is 1. The van der Waals surface area contributed by atoms with Gasteiger partial charge in [-0.3, -0.25) is 10.1 Å². The lowest BCUT2D eigenvalue weighted by molar-refractivity contribution is -0.383. The Kier molecular flexibility index (Phi) is 4.21. The summed E-state index contributed by atoms with van der Waals surface area (Å²) in [6.45, 7) is 5.22. The predicted molar refractivity (Wildman–Crippen MR) is 81.4 cm³/mol. The van der Waals surface area contributed by atoms with Crippen molar-refractivity contribution >= 4 is 17.5 Å². The number of nitrogen functional groups attached to an aromatic ring is 1. The Hall–Kier alpha value is -3.10. The lowest BCUT2D eigenvalue weighted by Crippen LogP contribution is -2.27. The van der Waals surface area contributed by atoms with Crippen LogP contribution >= 0.6 is 0 Å². The molecule has 0 aliphatic carbocycles. The summed E-state index contributed by atoms with van der Waals surface area (Å²) in [5.74, 6) is 0.556. The van der Waals surface area contributed by atoms with Crippen molar-refractivity contribution in [3.8, 4) is 11.5 Å². The van der Waals surface area contributed by atoms with E-state index in [1.54, 1.807) is 20.8 Å². The first kappa shape index (κ1) is 16.3. The average Bonchev–Trinajstić information content (AvgIpc) is 2.85. The molecule has 1 heterocycles. The number of nitro groups is 1. The van der Waals surface area contributed by atoms with E-state index >= 15 is 0 Å². The van der Waals surface area contributed by atoms with Crippen LogP contribution in [-0.2, 0) is 4.74 Å². The van der Waals surface area contributed by atoms with E-state index in [4.69, 9.17) is 15.2 Å². The minimum absolute atomic E-state index is 0.0213. The molecular weight excluding hydrogens is 304 g/mol. The maximum atomic E-state index is 11.8. The molecule has 9 nitrogen and oxygen atoms in total. The van der Waals surface area contributed by atoms with Crippen molar-refractivity contribution < 1.29 is 19.2 Å². The van der Waals surface area contributed by atoms with E-state index in [2.05, 4.69) is 5.10 Å². The van der Waals surface area contributed by atoms with Crippen LogP contribution in [0, 0.1) is 10.1 Å². The molecule has 23 heavy (non-hydrogen) atoms. The highest BCUT2D eigenvalue weighted by molar-refractivity contribution is 5.70. The van der Waals surface area contributed by atoms with Gasteiger partial charge in [0.15, 0.2) is 5.75 Å². The van der Waals surface area contributed by atoms with Crippen LogP contribution in [0.3, 0.4) is 0 Å². The first-order valence-electron chi connectivity index (χ1n) is 6.65. The predicted octanol–water partition coefficient (Wildman–Crippen LogP) is 2.95. The van der Waals surface area contributed by atoms with E-state index in [1.165, 1.54) is 30.6 Å². The molecule has 2 aromatic rings. The van der Waals surface area contributed by atoms with Gasteiger partial charge in [0.2, 0.25) is 0 Å². The van der Waals surface area contributed by atoms with Crippen LogP contribution in [0.25, 0.3) is 0 Å². The fraction of sp³-hybridized carbons (Fsp3) is 0.286. The highest BCUT2D eigenvalue weighted by atomic mass is 16.6. The molecule has 0 aliphatic heterocycles. The summed E-state index contributed by atoms with van der Waals surface area (Å²) >= 11 is 0. The number of anilines is 1. The van der Waals surface area contributed by atoms with E-state index in [0.717, 1.165) is 4.68 Å². The first-order chi connectivity index (χ1) is 10.7. The summed E-state index contributed by atoms with van der Waals surface area (Å²) < 4.78 is 11.6. The molecule has 0 unspecified atom stereocenters. The molecule has 0 radical (unpaired) electrons. The number of aromatic nitrogens is 2. The van der Waals surface area contributed by atoms with Crippen LogP contribution in [-0.4, -0.2) is 26.4 Å². The molecular formula is C14H16N4O5. The van der Waals surface area contributed by atoms with Crippen molar-refractivity contribution in [2.75, 3.05) is 5.73 Å². The lowest BCUT2D eigenvalue weighted by Gasteiger charge is -2.18. The van der Waals surface area contributed by atoms with E-state index in [9.17, 15) is 14.9 Å². The molecule has 0 spiro atoms. The molecule has 2 rings (SSSR count). The van der Waals surface area contributed by atoms with Crippen LogP contribution in [0.1, 0.15) is 20.8 Å². The first-order valence-corrected chi connectivity index (χ1v) is 6.65. The zero-order valence-electron chi connectivity index (χ0n) is 12.8. The van der Waals surface area contributed by atoms with Crippen molar-refractivity contribution in [1.29, 1.82) is 0 Å². The Morgan fingerprint density at radius 1 is 1.35 bits per heavy atom. The van der Waals surface area contributed by atoms with Crippen molar-refractivity contribution in [3.63, 3.8) is 0 Å². The summed E-state index contributed by atoms with van der Waals surface area (Å²) in [5.41, 5.74) is 4.71. The second-order valence-electron chi connectivity index (χ2n) is 5.68. The molecule has 0 bridgehead atoms. The minimum atomic E-state index is -0.643. The monoisotopic (exact) mass is 320 g/mol. The van der Waals surface area contributed by atoms with Gasteiger partial charge in [0, 0.05) is 12.1 Å². The van der Waals surface area contributed by atoms with E-state index < -0.39 is 16.6 Å². The normalized spacial score (nSPS) is 11.1. The molecule has 2 N–H and O–H groups in total. The van der Waals surface area contributed by atoms with Crippen molar-refractivity contribution in [2.24, 2.45) is 0 Å². The largest absolute Gasteiger partial charge is 0.454 e. The third-order valence-electron chi connectivity index (χ3n) is 2.57. The number of hydrogen-bond donors (Lipinski definition) is 1. The Labute approximate surface area is 131 Å². The summed E-state index contributed by atoms with van der Waals surface area (Å²) in [7, 11) is 0. The zero-order valence-corrected chi connectivity index (χ0v) is 12.8. The molecule has 0 saturated heterocycles. The van der Waals surface area contributed by atoms with Gasteiger partial charge in [-0.2, -0.15) is 9.78 Å². The Morgan fingerprint density at radius 2 is 2.04 bits per heavy atom. The molecule has 0 atom stereocenters. The van der Waals surface area contributed by atoms with Gasteiger partial charge in [-0.1, -0.05) is 0 Å². The van der Waals surface area contributed by atoms with Gasteiger partial charge in [0.25, 0.3) is 5.69 Å².